The van der Waals surface area contributed by atoms with Crippen LogP contribution < -0.4 is 0 Å². The molecule has 0 radical (unpaired) electrons. The van der Waals surface area contributed by atoms with Crippen molar-refractivity contribution in [3.05, 3.63) is 11.6 Å². The highest BCUT2D eigenvalue weighted by Gasteiger charge is 2.19. The second kappa shape index (κ2) is 6.23. The fourth-order valence-electron chi connectivity index (χ4n) is 2.05. The first-order valence-electron chi connectivity index (χ1n) is 5.71. The van der Waals surface area contributed by atoms with Gasteiger partial charge >= 0.3 is 0 Å². The number of hydrogen-bond donors (Lipinski definition) is 0. The molecule has 13 heavy (non-hydrogen) atoms. The standard InChI is InChI=1S/C13H26/c1-7-9-11(5)13(8-2)12(6)10(3)4/h9-10,12-13H,7-8H2,1-6H3. The Morgan fingerprint density at radius 3 is 2.00 bits per heavy atom. The Morgan fingerprint density at radius 1 is 1.15 bits per heavy atom. The molecule has 0 bridgehead atoms. The maximum absolute atomic E-state index is 2.38. The first kappa shape index (κ1) is 12.7. The van der Waals surface area contributed by atoms with Crippen LogP contribution in [0.15, 0.2) is 11.6 Å². The van der Waals surface area contributed by atoms with Crippen molar-refractivity contribution in [3.8, 4) is 0 Å². The maximum Gasteiger partial charge on any atom is -0.0180 e. The van der Waals surface area contributed by atoms with Crippen molar-refractivity contribution in [1.29, 1.82) is 0 Å². The zero-order valence-electron chi connectivity index (χ0n) is 10.2. The van der Waals surface area contributed by atoms with Crippen molar-refractivity contribution in [2.45, 2.75) is 54.4 Å². The van der Waals surface area contributed by atoms with Gasteiger partial charge in [0.1, 0.15) is 0 Å². The lowest BCUT2D eigenvalue weighted by molar-refractivity contribution is 0.304. The van der Waals surface area contributed by atoms with Gasteiger partial charge in [0.2, 0.25) is 0 Å². The van der Waals surface area contributed by atoms with Gasteiger partial charge < -0.3 is 0 Å². The number of rotatable bonds is 5. The van der Waals surface area contributed by atoms with Gasteiger partial charge in [-0.05, 0) is 37.5 Å². The van der Waals surface area contributed by atoms with E-state index >= 15 is 0 Å². The molecule has 78 valence electrons. The lowest BCUT2D eigenvalue weighted by atomic mass is 9.79. The predicted molar refractivity (Wildman–Crippen MR) is 61.8 cm³/mol. The minimum atomic E-state index is 0.792. The highest BCUT2D eigenvalue weighted by molar-refractivity contribution is 5.04. The third-order valence-electron chi connectivity index (χ3n) is 3.24. The van der Waals surface area contributed by atoms with Crippen molar-refractivity contribution in [2.24, 2.45) is 17.8 Å². The normalized spacial score (nSPS) is 17.6. The largest absolute Gasteiger partial charge is 0.0856 e. The third kappa shape index (κ3) is 3.97. The minimum Gasteiger partial charge on any atom is -0.0856 e. The van der Waals surface area contributed by atoms with E-state index in [2.05, 4.69) is 47.6 Å². The van der Waals surface area contributed by atoms with Crippen LogP contribution in [0.25, 0.3) is 0 Å². The maximum atomic E-state index is 2.38. The van der Waals surface area contributed by atoms with E-state index in [1.807, 2.05) is 0 Å². The Kier molecular flexibility index (Phi) is 6.11. The molecule has 0 spiro atoms. The van der Waals surface area contributed by atoms with Gasteiger partial charge in [0.15, 0.2) is 0 Å². The van der Waals surface area contributed by atoms with E-state index in [0.29, 0.717) is 0 Å². The Bertz CT molecular complexity index is 153. The van der Waals surface area contributed by atoms with Crippen molar-refractivity contribution in [3.63, 3.8) is 0 Å². The van der Waals surface area contributed by atoms with Gasteiger partial charge in [-0.15, -0.1) is 0 Å². The van der Waals surface area contributed by atoms with Crippen LogP contribution in [0.5, 0.6) is 0 Å². The summed E-state index contributed by atoms with van der Waals surface area (Å²) in [6.07, 6.45) is 4.84. The molecule has 0 saturated carbocycles. The van der Waals surface area contributed by atoms with Crippen molar-refractivity contribution < 1.29 is 0 Å². The molecule has 2 unspecified atom stereocenters. The molecular formula is C13H26. The van der Waals surface area contributed by atoms with E-state index in [4.69, 9.17) is 0 Å². The molecule has 0 aliphatic rings. The van der Waals surface area contributed by atoms with Gasteiger partial charge in [0.05, 0.1) is 0 Å². The van der Waals surface area contributed by atoms with Crippen LogP contribution >= 0.6 is 0 Å². The number of hydrogen-bond acceptors (Lipinski definition) is 0. The van der Waals surface area contributed by atoms with Crippen LogP contribution in [0, 0.1) is 17.8 Å². The highest BCUT2D eigenvalue weighted by atomic mass is 14.2. The van der Waals surface area contributed by atoms with E-state index in [9.17, 15) is 0 Å². The van der Waals surface area contributed by atoms with E-state index in [-0.39, 0.29) is 0 Å². The summed E-state index contributed by atoms with van der Waals surface area (Å²) >= 11 is 0. The molecule has 2 atom stereocenters. The molecule has 0 amide bonds. The smallest absolute Gasteiger partial charge is 0.0180 e. The predicted octanol–water partition coefficient (Wildman–Crippen LogP) is 4.66. The quantitative estimate of drug-likeness (QED) is 0.542. The summed E-state index contributed by atoms with van der Waals surface area (Å²) in [6, 6.07) is 0. The first-order valence-corrected chi connectivity index (χ1v) is 5.71. The summed E-state index contributed by atoms with van der Waals surface area (Å²) in [5, 5.41) is 0. The molecule has 0 N–H and O–H groups in total. The molecule has 0 aromatic heterocycles. The van der Waals surface area contributed by atoms with Crippen molar-refractivity contribution in [1.82, 2.24) is 0 Å². The van der Waals surface area contributed by atoms with Crippen LogP contribution in [0.4, 0.5) is 0 Å². The van der Waals surface area contributed by atoms with Crippen molar-refractivity contribution in [2.75, 3.05) is 0 Å². The van der Waals surface area contributed by atoms with Crippen LogP contribution in [-0.4, -0.2) is 0 Å². The summed E-state index contributed by atoms with van der Waals surface area (Å²) in [5.74, 6) is 2.40. The van der Waals surface area contributed by atoms with Gasteiger partial charge in [-0.1, -0.05) is 46.3 Å². The molecule has 0 aromatic rings. The Hall–Kier alpha value is -0.260. The lowest BCUT2D eigenvalue weighted by Crippen LogP contribution is -2.17. The van der Waals surface area contributed by atoms with E-state index < -0.39 is 0 Å². The van der Waals surface area contributed by atoms with Gasteiger partial charge in [0, 0.05) is 0 Å². The van der Waals surface area contributed by atoms with E-state index in [1.165, 1.54) is 12.8 Å². The van der Waals surface area contributed by atoms with Gasteiger partial charge in [-0.2, -0.15) is 0 Å². The topological polar surface area (TPSA) is 0 Å². The third-order valence-corrected chi connectivity index (χ3v) is 3.24. The fourth-order valence-corrected chi connectivity index (χ4v) is 2.05. The van der Waals surface area contributed by atoms with E-state index in [0.717, 1.165) is 17.8 Å². The van der Waals surface area contributed by atoms with E-state index in [1.54, 1.807) is 5.57 Å². The first-order chi connectivity index (χ1) is 6.04. The average molecular weight is 182 g/mol. The average Bonchev–Trinajstić information content (AvgIpc) is 2.05. The van der Waals surface area contributed by atoms with Gasteiger partial charge in [-0.25, -0.2) is 0 Å². The van der Waals surface area contributed by atoms with Crippen molar-refractivity contribution >= 4 is 0 Å². The van der Waals surface area contributed by atoms with Crippen LogP contribution in [0.1, 0.15) is 54.4 Å². The van der Waals surface area contributed by atoms with Gasteiger partial charge in [-0.3, -0.25) is 0 Å². The lowest BCUT2D eigenvalue weighted by Gasteiger charge is -2.27. The molecule has 0 aliphatic carbocycles. The Labute approximate surface area is 84.4 Å². The molecule has 0 fully saturated rings. The fraction of sp³-hybridized carbons (Fsp3) is 0.846. The summed E-state index contributed by atoms with van der Waals surface area (Å²) in [5.41, 5.74) is 1.59. The SMILES string of the molecule is CCC=C(C)C(CC)C(C)C(C)C. The number of allylic oxidation sites excluding steroid dienone is 2. The molecule has 0 heteroatoms. The molecule has 0 aromatic carbocycles. The van der Waals surface area contributed by atoms with Crippen LogP contribution in [0.2, 0.25) is 0 Å². The molecule has 0 nitrogen and oxygen atoms in total. The van der Waals surface area contributed by atoms with Crippen LogP contribution in [0.3, 0.4) is 0 Å². The summed E-state index contributed by atoms with van der Waals surface area (Å²) in [7, 11) is 0. The monoisotopic (exact) mass is 182 g/mol. The molecule has 0 heterocycles. The highest BCUT2D eigenvalue weighted by Crippen LogP contribution is 2.29. The summed E-state index contributed by atoms with van der Waals surface area (Å²) in [6.45, 7) is 13.8. The second-order valence-corrected chi connectivity index (χ2v) is 4.47. The van der Waals surface area contributed by atoms with Gasteiger partial charge in [0.25, 0.3) is 0 Å². The second-order valence-electron chi connectivity index (χ2n) is 4.47. The zero-order chi connectivity index (χ0) is 10.4. The zero-order valence-corrected chi connectivity index (χ0v) is 10.2. The Balaban J connectivity index is 4.40. The molecular weight excluding hydrogens is 156 g/mol. The van der Waals surface area contributed by atoms with Crippen LogP contribution in [-0.2, 0) is 0 Å². The minimum absolute atomic E-state index is 0.792. The summed E-state index contributed by atoms with van der Waals surface area (Å²) in [4.78, 5) is 0. The Morgan fingerprint density at radius 2 is 1.69 bits per heavy atom. The molecule has 0 saturated heterocycles. The molecule has 0 aliphatic heterocycles. The molecule has 0 rings (SSSR count). The summed E-state index contributed by atoms with van der Waals surface area (Å²) < 4.78 is 0.